The maximum absolute atomic E-state index is 12.3. The largest absolute Gasteiger partial charge is 0.377 e. The number of piperidine rings is 1. The summed E-state index contributed by atoms with van der Waals surface area (Å²) < 4.78 is 5.79. The van der Waals surface area contributed by atoms with Gasteiger partial charge in [-0.1, -0.05) is 30.1 Å². The molecule has 0 spiro atoms. The predicted molar refractivity (Wildman–Crippen MR) is 86.5 cm³/mol. The first kappa shape index (κ1) is 16.8. The molecule has 5 heteroatoms. The normalized spacial score (nSPS) is 19.7. The lowest BCUT2D eigenvalue weighted by atomic mass is 10.1. The van der Waals surface area contributed by atoms with E-state index in [2.05, 4.69) is 11.8 Å². The third-order valence-electron chi connectivity index (χ3n) is 3.63. The molecule has 1 atom stereocenters. The lowest BCUT2D eigenvalue weighted by molar-refractivity contribution is 0.00131. The molecule has 0 amide bonds. The Morgan fingerprint density at radius 2 is 2.19 bits per heavy atom. The van der Waals surface area contributed by atoms with Crippen LogP contribution in [0, 0.1) is 0 Å². The van der Waals surface area contributed by atoms with Gasteiger partial charge in [0.1, 0.15) is 0 Å². The molecule has 1 aliphatic rings. The van der Waals surface area contributed by atoms with E-state index in [-0.39, 0.29) is 11.9 Å². The first-order valence-corrected chi connectivity index (χ1v) is 8.18. The molecule has 0 bridgehead atoms. The van der Waals surface area contributed by atoms with Crippen molar-refractivity contribution in [2.45, 2.75) is 32.3 Å². The van der Waals surface area contributed by atoms with Crippen molar-refractivity contribution < 1.29 is 9.53 Å². The van der Waals surface area contributed by atoms with E-state index in [1.165, 1.54) is 0 Å². The van der Waals surface area contributed by atoms with E-state index in [9.17, 15) is 4.79 Å². The number of hydrogen-bond acceptors (Lipinski definition) is 3. The summed E-state index contributed by atoms with van der Waals surface area (Å²) in [6, 6.07) is 5.04. The van der Waals surface area contributed by atoms with Gasteiger partial charge in [-0.25, -0.2) is 0 Å². The summed E-state index contributed by atoms with van der Waals surface area (Å²) >= 11 is 11.8. The van der Waals surface area contributed by atoms with Crippen molar-refractivity contribution in [1.29, 1.82) is 0 Å². The van der Waals surface area contributed by atoms with Crippen molar-refractivity contribution in [3.8, 4) is 0 Å². The maximum atomic E-state index is 12.3. The molecule has 1 unspecified atom stereocenters. The van der Waals surface area contributed by atoms with Gasteiger partial charge in [0.05, 0.1) is 22.7 Å². The van der Waals surface area contributed by atoms with Crippen LogP contribution in [0.15, 0.2) is 18.2 Å². The second-order valence-corrected chi connectivity index (χ2v) is 6.24. The summed E-state index contributed by atoms with van der Waals surface area (Å²) in [7, 11) is 0. The molecule has 116 valence electrons. The number of rotatable bonds is 6. The molecule has 1 aliphatic heterocycles. The minimum atomic E-state index is 0.0738. The number of likely N-dealkylation sites (tertiary alicyclic amines) is 1. The lowest BCUT2D eigenvalue weighted by Gasteiger charge is -2.32. The zero-order valence-electron chi connectivity index (χ0n) is 12.3. The molecular weight excluding hydrogens is 309 g/mol. The molecule has 3 nitrogen and oxygen atoms in total. The van der Waals surface area contributed by atoms with Crippen LogP contribution in [-0.4, -0.2) is 43.0 Å². The number of carbonyl (C=O) groups excluding carboxylic acids is 1. The lowest BCUT2D eigenvalue weighted by Crippen LogP contribution is -2.42. The first-order chi connectivity index (χ1) is 10.1. The van der Waals surface area contributed by atoms with Gasteiger partial charge >= 0.3 is 0 Å². The van der Waals surface area contributed by atoms with Crippen LogP contribution in [0.5, 0.6) is 0 Å². The Labute approximate surface area is 136 Å². The van der Waals surface area contributed by atoms with Gasteiger partial charge in [0.25, 0.3) is 0 Å². The molecule has 21 heavy (non-hydrogen) atoms. The van der Waals surface area contributed by atoms with Gasteiger partial charge in [-0.05, 0) is 44.0 Å². The summed E-state index contributed by atoms with van der Waals surface area (Å²) in [6.07, 6.45) is 3.43. The monoisotopic (exact) mass is 329 g/mol. The van der Waals surface area contributed by atoms with E-state index in [0.29, 0.717) is 22.2 Å². The molecule has 1 saturated heterocycles. The van der Waals surface area contributed by atoms with Gasteiger partial charge in [0.15, 0.2) is 5.78 Å². The van der Waals surface area contributed by atoms with Gasteiger partial charge in [0.2, 0.25) is 0 Å². The average Bonchev–Trinajstić information content (AvgIpc) is 2.48. The van der Waals surface area contributed by atoms with Crippen molar-refractivity contribution in [3.05, 3.63) is 33.8 Å². The number of carbonyl (C=O) groups is 1. The van der Waals surface area contributed by atoms with Crippen molar-refractivity contribution in [2.24, 2.45) is 0 Å². The Bertz CT molecular complexity index is 493. The molecule has 0 aliphatic carbocycles. The summed E-state index contributed by atoms with van der Waals surface area (Å²) in [4.78, 5) is 14.5. The Morgan fingerprint density at radius 1 is 1.38 bits per heavy atom. The van der Waals surface area contributed by atoms with Gasteiger partial charge in [-0.2, -0.15) is 0 Å². The number of hydrogen-bond donors (Lipinski definition) is 0. The zero-order chi connectivity index (χ0) is 15.2. The summed E-state index contributed by atoms with van der Waals surface area (Å²) in [5, 5.41) is 0.893. The molecule has 1 aromatic rings. The van der Waals surface area contributed by atoms with Crippen LogP contribution in [0.4, 0.5) is 0 Å². The first-order valence-electron chi connectivity index (χ1n) is 7.42. The number of ketones is 1. The number of halogens is 2. The highest BCUT2D eigenvalue weighted by atomic mass is 35.5. The zero-order valence-corrected chi connectivity index (χ0v) is 13.8. The van der Waals surface area contributed by atoms with Crippen LogP contribution in [0.1, 0.15) is 36.5 Å². The average molecular weight is 330 g/mol. The number of benzene rings is 1. The summed E-state index contributed by atoms with van der Waals surface area (Å²) in [5.41, 5.74) is 0.612. The maximum Gasteiger partial charge on any atom is 0.176 e. The number of ether oxygens (including phenoxy) is 1. The molecule has 0 saturated carbocycles. The van der Waals surface area contributed by atoms with Gasteiger partial charge < -0.3 is 4.74 Å². The fourth-order valence-electron chi connectivity index (χ4n) is 2.54. The van der Waals surface area contributed by atoms with Crippen molar-refractivity contribution in [1.82, 2.24) is 4.90 Å². The highest BCUT2D eigenvalue weighted by Gasteiger charge is 2.22. The quantitative estimate of drug-likeness (QED) is 0.737. The second-order valence-electron chi connectivity index (χ2n) is 5.42. The van der Waals surface area contributed by atoms with Gasteiger partial charge in [-0.15, -0.1) is 0 Å². The van der Waals surface area contributed by atoms with E-state index < -0.39 is 0 Å². The van der Waals surface area contributed by atoms with E-state index in [4.69, 9.17) is 27.9 Å². The van der Waals surface area contributed by atoms with E-state index in [1.807, 2.05) is 0 Å². The van der Waals surface area contributed by atoms with Gasteiger partial charge in [0, 0.05) is 18.7 Å². The Hall–Kier alpha value is -0.610. The topological polar surface area (TPSA) is 29.5 Å². The van der Waals surface area contributed by atoms with Crippen LogP contribution in [0.2, 0.25) is 10.0 Å². The van der Waals surface area contributed by atoms with Crippen LogP contribution in [0.3, 0.4) is 0 Å². The fourth-order valence-corrected chi connectivity index (χ4v) is 2.84. The number of nitrogens with zero attached hydrogens (tertiary/aromatic N) is 1. The van der Waals surface area contributed by atoms with Crippen molar-refractivity contribution in [2.75, 3.05) is 26.2 Å². The third-order valence-corrected chi connectivity index (χ3v) is 4.37. The van der Waals surface area contributed by atoms with Crippen LogP contribution in [-0.2, 0) is 4.74 Å². The smallest absolute Gasteiger partial charge is 0.176 e. The SMILES string of the molecule is CCCOC1CCCN(CC(=O)c2ccc(Cl)c(Cl)c2)C1. The highest BCUT2D eigenvalue weighted by Crippen LogP contribution is 2.23. The van der Waals surface area contributed by atoms with Crippen LogP contribution < -0.4 is 0 Å². The minimum Gasteiger partial charge on any atom is -0.377 e. The number of Topliss-reactive ketones (excluding diaryl/α,β-unsaturated/α-hetero) is 1. The molecule has 0 radical (unpaired) electrons. The summed E-state index contributed by atoms with van der Waals surface area (Å²) in [5.74, 6) is 0.0738. The van der Waals surface area contributed by atoms with E-state index in [1.54, 1.807) is 18.2 Å². The molecule has 1 aromatic carbocycles. The highest BCUT2D eigenvalue weighted by molar-refractivity contribution is 6.42. The molecule has 0 aromatic heterocycles. The standard InChI is InChI=1S/C16H21Cl2NO2/c1-2-8-21-13-4-3-7-19(10-13)11-16(20)12-5-6-14(17)15(18)9-12/h5-6,9,13H,2-4,7-8,10-11H2,1H3. The fraction of sp³-hybridized carbons (Fsp3) is 0.562. The van der Waals surface area contributed by atoms with Crippen molar-refractivity contribution >= 4 is 29.0 Å². The predicted octanol–water partition coefficient (Wildman–Crippen LogP) is 4.07. The van der Waals surface area contributed by atoms with Crippen LogP contribution >= 0.6 is 23.2 Å². The molecule has 1 fully saturated rings. The van der Waals surface area contributed by atoms with E-state index in [0.717, 1.165) is 39.0 Å². The Morgan fingerprint density at radius 3 is 2.90 bits per heavy atom. The van der Waals surface area contributed by atoms with E-state index >= 15 is 0 Å². The Balaban J connectivity index is 1.90. The van der Waals surface area contributed by atoms with Gasteiger partial charge in [-0.3, -0.25) is 9.69 Å². The molecule has 0 N–H and O–H groups in total. The second kappa shape index (κ2) is 8.14. The summed E-state index contributed by atoms with van der Waals surface area (Å²) in [6.45, 7) is 5.07. The molecular formula is C16H21Cl2NO2. The third kappa shape index (κ3) is 4.96. The molecule has 2 rings (SSSR count). The molecule has 1 heterocycles. The van der Waals surface area contributed by atoms with Crippen LogP contribution in [0.25, 0.3) is 0 Å². The minimum absolute atomic E-state index is 0.0738. The van der Waals surface area contributed by atoms with Crippen molar-refractivity contribution in [3.63, 3.8) is 0 Å². The Kier molecular flexibility index (Phi) is 6.49.